The predicted molar refractivity (Wildman–Crippen MR) is 77.2 cm³/mol. The van der Waals surface area contributed by atoms with Crippen LogP contribution in [-0.4, -0.2) is 23.7 Å². The largest absolute Gasteiger partial charge is 0.371 e. The summed E-state index contributed by atoms with van der Waals surface area (Å²) in [7, 11) is 0. The van der Waals surface area contributed by atoms with Crippen LogP contribution >= 0.6 is 11.6 Å². The van der Waals surface area contributed by atoms with Crippen molar-refractivity contribution < 1.29 is 18.4 Å². The summed E-state index contributed by atoms with van der Waals surface area (Å²) in [5, 5.41) is 6.57. The number of carbonyl (C=O) groups is 1. The Labute approximate surface area is 131 Å². The number of rotatable bonds is 3. The van der Waals surface area contributed by atoms with Gasteiger partial charge in [0.2, 0.25) is 5.76 Å². The van der Waals surface area contributed by atoms with Crippen LogP contribution in [0.3, 0.4) is 0 Å². The second-order valence-electron chi connectivity index (χ2n) is 5.17. The number of ether oxygens (including phenoxy) is 1. The van der Waals surface area contributed by atoms with Crippen molar-refractivity contribution in [3.63, 3.8) is 0 Å². The number of aryl methyl sites for hydroxylation is 1. The number of hydrogen-bond acceptors (Lipinski definition) is 4. The first kappa shape index (κ1) is 15.0. The highest BCUT2D eigenvalue weighted by molar-refractivity contribution is 6.30. The molecule has 22 heavy (non-hydrogen) atoms. The fourth-order valence-electron chi connectivity index (χ4n) is 2.47. The van der Waals surface area contributed by atoms with E-state index in [-0.39, 0.29) is 22.7 Å². The van der Waals surface area contributed by atoms with Crippen LogP contribution in [0.2, 0.25) is 5.02 Å². The SMILES string of the molecule is Cc1cc(C(=O)NC2CCOC2c2ccc(Cl)c(F)c2)on1. The van der Waals surface area contributed by atoms with Crippen molar-refractivity contribution in [1.29, 1.82) is 0 Å². The molecule has 2 unspecified atom stereocenters. The fourth-order valence-corrected chi connectivity index (χ4v) is 2.58. The number of amides is 1. The summed E-state index contributed by atoms with van der Waals surface area (Å²) in [6.07, 6.45) is 0.216. The highest BCUT2D eigenvalue weighted by Crippen LogP contribution is 2.31. The average Bonchev–Trinajstić information content (AvgIpc) is 3.11. The maximum Gasteiger partial charge on any atom is 0.290 e. The zero-order chi connectivity index (χ0) is 15.7. The normalized spacial score (nSPS) is 21.0. The van der Waals surface area contributed by atoms with Crippen LogP contribution in [0.4, 0.5) is 4.39 Å². The standard InChI is InChI=1S/C15H14ClFN2O3/c1-8-6-13(22-19-8)15(20)18-12-4-5-21-14(12)9-2-3-10(16)11(17)7-9/h2-3,6-7,12,14H,4-5H2,1H3,(H,18,20). The number of benzene rings is 1. The third-order valence-corrected chi connectivity index (χ3v) is 3.84. The van der Waals surface area contributed by atoms with E-state index in [0.717, 1.165) is 0 Å². The Hall–Kier alpha value is -1.92. The van der Waals surface area contributed by atoms with Gasteiger partial charge >= 0.3 is 0 Å². The van der Waals surface area contributed by atoms with Crippen LogP contribution in [0.5, 0.6) is 0 Å². The topological polar surface area (TPSA) is 64.4 Å². The maximum absolute atomic E-state index is 13.6. The molecule has 1 fully saturated rings. The number of hydrogen-bond donors (Lipinski definition) is 1. The minimum absolute atomic E-state index is 0.0551. The molecule has 116 valence electrons. The van der Waals surface area contributed by atoms with Crippen LogP contribution < -0.4 is 5.32 Å². The molecule has 0 saturated carbocycles. The van der Waals surface area contributed by atoms with E-state index in [1.165, 1.54) is 12.1 Å². The molecule has 0 spiro atoms. The fraction of sp³-hybridized carbons (Fsp3) is 0.333. The van der Waals surface area contributed by atoms with E-state index in [0.29, 0.717) is 24.3 Å². The number of nitrogens with zero attached hydrogens (tertiary/aromatic N) is 1. The lowest BCUT2D eigenvalue weighted by Crippen LogP contribution is -2.36. The lowest BCUT2D eigenvalue weighted by Gasteiger charge is -2.19. The Morgan fingerprint density at radius 1 is 1.45 bits per heavy atom. The molecule has 1 aliphatic heterocycles. The van der Waals surface area contributed by atoms with Gasteiger partial charge in [-0.05, 0) is 31.0 Å². The smallest absolute Gasteiger partial charge is 0.290 e. The van der Waals surface area contributed by atoms with Crippen molar-refractivity contribution in [2.24, 2.45) is 0 Å². The molecular formula is C15H14ClFN2O3. The molecule has 0 aliphatic carbocycles. The molecule has 0 bridgehead atoms. The van der Waals surface area contributed by atoms with E-state index in [1.54, 1.807) is 19.1 Å². The second-order valence-corrected chi connectivity index (χ2v) is 5.57. The first-order valence-corrected chi connectivity index (χ1v) is 7.23. The van der Waals surface area contributed by atoms with Gasteiger partial charge in [-0.2, -0.15) is 0 Å². The molecule has 1 amide bonds. The highest BCUT2D eigenvalue weighted by atomic mass is 35.5. The van der Waals surface area contributed by atoms with Crippen molar-refractivity contribution in [3.05, 3.63) is 52.1 Å². The van der Waals surface area contributed by atoms with Crippen molar-refractivity contribution in [2.45, 2.75) is 25.5 Å². The maximum atomic E-state index is 13.6. The molecule has 1 aromatic carbocycles. The van der Waals surface area contributed by atoms with Gasteiger partial charge in [0.1, 0.15) is 11.9 Å². The van der Waals surface area contributed by atoms with Gasteiger partial charge in [-0.25, -0.2) is 4.39 Å². The van der Waals surface area contributed by atoms with Crippen LogP contribution in [-0.2, 0) is 4.74 Å². The molecule has 1 aromatic heterocycles. The molecule has 7 heteroatoms. The Balaban J connectivity index is 1.75. The number of carbonyl (C=O) groups excluding carboxylic acids is 1. The number of nitrogens with one attached hydrogen (secondary N) is 1. The zero-order valence-corrected chi connectivity index (χ0v) is 12.6. The summed E-state index contributed by atoms with van der Waals surface area (Å²) >= 11 is 5.69. The van der Waals surface area contributed by atoms with Crippen molar-refractivity contribution in [3.8, 4) is 0 Å². The minimum atomic E-state index is -0.509. The van der Waals surface area contributed by atoms with Gasteiger partial charge in [0, 0.05) is 12.7 Å². The predicted octanol–water partition coefficient (Wildman–Crippen LogP) is 3.04. The van der Waals surface area contributed by atoms with Gasteiger partial charge < -0.3 is 14.6 Å². The third kappa shape index (κ3) is 2.98. The second kappa shape index (κ2) is 6.06. The van der Waals surface area contributed by atoms with E-state index < -0.39 is 11.9 Å². The lowest BCUT2D eigenvalue weighted by molar-refractivity contribution is 0.0794. The molecule has 1 N–H and O–H groups in total. The Morgan fingerprint density at radius 3 is 2.95 bits per heavy atom. The highest BCUT2D eigenvalue weighted by Gasteiger charge is 2.32. The first-order valence-electron chi connectivity index (χ1n) is 6.85. The van der Waals surface area contributed by atoms with Gasteiger partial charge in [0.25, 0.3) is 5.91 Å². The van der Waals surface area contributed by atoms with Gasteiger partial charge in [0.15, 0.2) is 0 Å². The van der Waals surface area contributed by atoms with Crippen molar-refractivity contribution >= 4 is 17.5 Å². The summed E-state index contributed by atoms with van der Waals surface area (Å²) in [4.78, 5) is 12.1. The molecule has 3 rings (SSSR count). The van der Waals surface area contributed by atoms with E-state index in [4.69, 9.17) is 20.9 Å². The molecule has 1 saturated heterocycles. The molecule has 0 radical (unpaired) electrons. The third-order valence-electron chi connectivity index (χ3n) is 3.53. The van der Waals surface area contributed by atoms with E-state index >= 15 is 0 Å². The Kier molecular flexibility index (Phi) is 4.13. The summed E-state index contributed by atoms with van der Waals surface area (Å²) < 4.78 is 24.1. The molecule has 1 aliphatic rings. The van der Waals surface area contributed by atoms with Crippen molar-refractivity contribution in [2.75, 3.05) is 6.61 Å². The monoisotopic (exact) mass is 324 g/mol. The molecular weight excluding hydrogens is 311 g/mol. The van der Waals surface area contributed by atoms with Crippen LogP contribution in [0, 0.1) is 12.7 Å². The minimum Gasteiger partial charge on any atom is -0.371 e. The summed E-state index contributed by atoms with van der Waals surface area (Å²) in [5.74, 6) is -0.730. The molecule has 5 nitrogen and oxygen atoms in total. The Morgan fingerprint density at radius 2 is 2.27 bits per heavy atom. The summed E-state index contributed by atoms with van der Waals surface area (Å²) in [6.45, 7) is 2.22. The van der Waals surface area contributed by atoms with Crippen LogP contribution in [0.25, 0.3) is 0 Å². The number of halogens is 2. The van der Waals surface area contributed by atoms with Crippen LogP contribution in [0.1, 0.15) is 34.3 Å². The quantitative estimate of drug-likeness (QED) is 0.942. The van der Waals surface area contributed by atoms with Crippen LogP contribution in [0.15, 0.2) is 28.8 Å². The van der Waals surface area contributed by atoms with Gasteiger partial charge in [0.05, 0.1) is 16.8 Å². The molecule has 2 aromatic rings. The summed E-state index contributed by atoms with van der Waals surface area (Å²) in [5.41, 5.74) is 1.27. The van der Waals surface area contributed by atoms with Crippen molar-refractivity contribution in [1.82, 2.24) is 10.5 Å². The van der Waals surface area contributed by atoms with E-state index in [9.17, 15) is 9.18 Å². The molecule has 2 atom stereocenters. The van der Waals surface area contributed by atoms with Gasteiger partial charge in [-0.1, -0.05) is 22.8 Å². The Bertz CT molecular complexity index is 704. The van der Waals surface area contributed by atoms with Gasteiger partial charge in [-0.3, -0.25) is 4.79 Å². The zero-order valence-electron chi connectivity index (χ0n) is 11.8. The summed E-state index contributed by atoms with van der Waals surface area (Å²) in [6, 6.07) is 5.79. The van der Waals surface area contributed by atoms with Gasteiger partial charge in [-0.15, -0.1) is 0 Å². The van der Waals surface area contributed by atoms with E-state index in [2.05, 4.69) is 10.5 Å². The number of aromatic nitrogens is 1. The molecule has 2 heterocycles. The first-order chi connectivity index (χ1) is 10.5. The van der Waals surface area contributed by atoms with E-state index in [1.807, 2.05) is 0 Å². The lowest BCUT2D eigenvalue weighted by atomic mass is 10.0. The average molecular weight is 325 g/mol.